The molecule has 0 spiro atoms. The van der Waals surface area contributed by atoms with Gasteiger partial charge in [-0.1, -0.05) is 163 Å². The Morgan fingerprint density at radius 2 is 0.844 bits per heavy atom. The van der Waals surface area contributed by atoms with E-state index < -0.39 is 6.10 Å². The predicted molar refractivity (Wildman–Crippen MR) is 187 cm³/mol. The van der Waals surface area contributed by atoms with Crippen molar-refractivity contribution in [2.45, 2.75) is 208 Å². The van der Waals surface area contributed by atoms with Crippen LogP contribution in [0.2, 0.25) is 0 Å². The van der Waals surface area contributed by atoms with E-state index >= 15 is 0 Å². The summed E-state index contributed by atoms with van der Waals surface area (Å²) in [4.78, 5) is 37.2. The molecule has 0 fully saturated rings. The summed E-state index contributed by atoms with van der Waals surface area (Å²) in [5, 5.41) is 0. The van der Waals surface area contributed by atoms with E-state index in [1.54, 1.807) is 0 Å². The molecule has 0 aliphatic rings. The molecular formula is C39H74O6. The van der Waals surface area contributed by atoms with Crippen LogP contribution >= 0.6 is 0 Å². The maximum Gasteiger partial charge on any atom is 0.306 e. The van der Waals surface area contributed by atoms with Crippen LogP contribution in [0.5, 0.6) is 0 Å². The molecule has 0 saturated carbocycles. The Morgan fingerprint density at radius 3 is 1.27 bits per heavy atom. The summed E-state index contributed by atoms with van der Waals surface area (Å²) < 4.78 is 16.5. The van der Waals surface area contributed by atoms with Crippen LogP contribution < -0.4 is 0 Å². The highest BCUT2D eigenvalue weighted by atomic mass is 16.6. The van der Waals surface area contributed by atoms with Crippen molar-refractivity contribution < 1.29 is 28.6 Å². The second-order valence-electron chi connectivity index (χ2n) is 13.9. The molecule has 6 nitrogen and oxygen atoms in total. The van der Waals surface area contributed by atoms with E-state index in [9.17, 15) is 14.4 Å². The van der Waals surface area contributed by atoms with E-state index in [4.69, 9.17) is 14.2 Å². The summed E-state index contributed by atoms with van der Waals surface area (Å²) in [6.07, 6.45) is 26.9. The first-order valence-electron chi connectivity index (χ1n) is 19.3. The Morgan fingerprint density at radius 1 is 0.467 bits per heavy atom. The Labute approximate surface area is 278 Å². The molecule has 0 heterocycles. The lowest BCUT2D eigenvalue weighted by Crippen LogP contribution is -2.30. The molecule has 0 amide bonds. The van der Waals surface area contributed by atoms with E-state index in [0.717, 1.165) is 76.0 Å². The van der Waals surface area contributed by atoms with Crippen molar-refractivity contribution in [2.75, 3.05) is 13.2 Å². The lowest BCUT2D eigenvalue weighted by Gasteiger charge is -2.18. The van der Waals surface area contributed by atoms with Gasteiger partial charge in [-0.15, -0.1) is 0 Å². The van der Waals surface area contributed by atoms with Gasteiger partial charge < -0.3 is 14.2 Å². The van der Waals surface area contributed by atoms with Crippen molar-refractivity contribution >= 4 is 17.9 Å². The Hall–Kier alpha value is -1.59. The molecule has 2 atom stereocenters. The van der Waals surface area contributed by atoms with Crippen LogP contribution in [-0.2, 0) is 28.6 Å². The van der Waals surface area contributed by atoms with Crippen LogP contribution in [-0.4, -0.2) is 37.2 Å². The van der Waals surface area contributed by atoms with Gasteiger partial charge in [0.25, 0.3) is 0 Å². The van der Waals surface area contributed by atoms with E-state index in [1.165, 1.54) is 83.5 Å². The first-order valence-corrected chi connectivity index (χ1v) is 19.3. The summed E-state index contributed by atoms with van der Waals surface area (Å²) >= 11 is 0. The van der Waals surface area contributed by atoms with Gasteiger partial charge in [-0.2, -0.15) is 0 Å². The molecule has 0 rings (SSSR count). The zero-order valence-corrected chi connectivity index (χ0v) is 30.5. The van der Waals surface area contributed by atoms with Gasteiger partial charge in [0.05, 0.1) is 0 Å². The van der Waals surface area contributed by atoms with Crippen LogP contribution in [0.3, 0.4) is 0 Å². The topological polar surface area (TPSA) is 78.9 Å². The molecule has 45 heavy (non-hydrogen) atoms. The molecule has 0 radical (unpaired) electrons. The minimum absolute atomic E-state index is 0.0683. The minimum atomic E-state index is -0.757. The highest BCUT2D eigenvalue weighted by Gasteiger charge is 2.19. The summed E-state index contributed by atoms with van der Waals surface area (Å²) in [7, 11) is 0. The number of hydrogen-bond acceptors (Lipinski definition) is 6. The Kier molecular flexibility index (Phi) is 31.2. The number of carbonyl (C=O) groups is 3. The third kappa shape index (κ3) is 32.2. The molecular weight excluding hydrogens is 564 g/mol. The molecule has 0 aromatic heterocycles. The van der Waals surface area contributed by atoms with Gasteiger partial charge in [-0.05, 0) is 31.1 Å². The smallest absolute Gasteiger partial charge is 0.306 e. The molecule has 1 unspecified atom stereocenters. The molecule has 6 heteroatoms. The highest BCUT2D eigenvalue weighted by molar-refractivity contribution is 5.71. The average Bonchev–Trinajstić information content (AvgIpc) is 3.01. The average molecular weight is 639 g/mol. The van der Waals surface area contributed by atoms with Crippen molar-refractivity contribution in [3.8, 4) is 0 Å². The van der Waals surface area contributed by atoms with E-state index in [2.05, 4.69) is 34.6 Å². The van der Waals surface area contributed by atoms with Gasteiger partial charge in [0, 0.05) is 19.3 Å². The molecule has 0 N–H and O–H groups in total. The third-order valence-corrected chi connectivity index (χ3v) is 8.83. The Balaban J connectivity index is 4.25. The number of esters is 3. The summed E-state index contributed by atoms with van der Waals surface area (Å²) in [6, 6.07) is 0. The van der Waals surface area contributed by atoms with E-state index in [0.29, 0.717) is 19.3 Å². The molecule has 0 aliphatic carbocycles. The molecule has 266 valence electrons. The number of rotatable bonds is 33. The number of ether oxygens (including phenoxy) is 3. The van der Waals surface area contributed by atoms with Crippen molar-refractivity contribution in [3.63, 3.8) is 0 Å². The first kappa shape index (κ1) is 43.4. The Bertz CT molecular complexity index is 691. The fraction of sp³-hybridized carbons (Fsp3) is 0.923. The second-order valence-corrected chi connectivity index (χ2v) is 13.9. The van der Waals surface area contributed by atoms with Crippen molar-refractivity contribution in [3.05, 3.63) is 0 Å². The highest BCUT2D eigenvalue weighted by Crippen LogP contribution is 2.16. The van der Waals surface area contributed by atoms with Gasteiger partial charge in [0.15, 0.2) is 6.10 Å². The van der Waals surface area contributed by atoms with Gasteiger partial charge in [0.1, 0.15) is 13.2 Å². The van der Waals surface area contributed by atoms with Crippen LogP contribution in [0, 0.1) is 11.8 Å². The zero-order valence-electron chi connectivity index (χ0n) is 30.5. The molecule has 0 aliphatic heterocycles. The van der Waals surface area contributed by atoms with Gasteiger partial charge in [-0.3, -0.25) is 14.4 Å². The number of carbonyl (C=O) groups excluding carboxylic acids is 3. The van der Waals surface area contributed by atoms with Gasteiger partial charge >= 0.3 is 17.9 Å². The zero-order chi connectivity index (χ0) is 33.4. The summed E-state index contributed by atoms with van der Waals surface area (Å²) in [5.41, 5.74) is 0. The fourth-order valence-corrected chi connectivity index (χ4v) is 5.48. The van der Waals surface area contributed by atoms with Crippen LogP contribution in [0.4, 0.5) is 0 Å². The normalized spacial score (nSPS) is 12.7. The largest absolute Gasteiger partial charge is 0.462 e. The summed E-state index contributed by atoms with van der Waals surface area (Å²) in [5.74, 6) is 0.744. The van der Waals surface area contributed by atoms with Crippen LogP contribution in [0.15, 0.2) is 0 Å². The van der Waals surface area contributed by atoms with Gasteiger partial charge in [-0.25, -0.2) is 0 Å². The van der Waals surface area contributed by atoms with Gasteiger partial charge in [0.2, 0.25) is 0 Å². The molecule has 0 bridgehead atoms. The van der Waals surface area contributed by atoms with E-state index in [1.807, 2.05) is 0 Å². The molecule has 0 aromatic rings. The molecule has 0 aromatic carbocycles. The van der Waals surface area contributed by atoms with Crippen LogP contribution in [0.25, 0.3) is 0 Å². The lowest BCUT2D eigenvalue weighted by atomic mass is 9.99. The summed E-state index contributed by atoms with van der Waals surface area (Å²) in [6.45, 7) is 11.2. The maximum atomic E-state index is 12.4. The number of hydrogen-bond donors (Lipinski definition) is 0. The SMILES string of the molecule is CCCCCCCC(=O)O[C@H](COC(=O)CCCCCCCCCCC(C)CC)COC(=O)CCCCCCCCCC(C)C. The third-order valence-electron chi connectivity index (χ3n) is 8.83. The van der Waals surface area contributed by atoms with Crippen LogP contribution in [0.1, 0.15) is 202 Å². The van der Waals surface area contributed by atoms with E-state index in [-0.39, 0.29) is 31.1 Å². The first-order chi connectivity index (χ1) is 21.8. The number of unbranched alkanes of at least 4 members (excludes halogenated alkanes) is 17. The maximum absolute atomic E-state index is 12.4. The molecule has 0 saturated heterocycles. The standard InChI is InChI=1S/C39H74O6/c1-6-8-9-17-26-31-39(42)45-36(33-44-38(41)30-25-21-16-12-13-18-22-27-34(3)4)32-43-37(40)29-24-20-15-11-10-14-19-23-28-35(5)7-2/h34-36H,6-33H2,1-5H3/t35?,36-/m1/s1. The second kappa shape index (κ2) is 32.4. The minimum Gasteiger partial charge on any atom is -0.462 e. The quantitative estimate of drug-likeness (QED) is 0.0404. The van der Waals surface area contributed by atoms with Crippen molar-refractivity contribution in [1.82, 2.24) is 0 Å². The monoisotopic (exact) mass is 639 g/mol. The van der Waals surface area contributed by atoms with Crippen molar-refractivity contribution in [2.24, 2.45) is 11.8 Å². The fourth-order valence-electron chi connectivity index (χ4n) is 5.48. The lowest BCUT2D eigenvalue weighted by molar-refractivity contribution is -0.167. The van der Waals surface area contributed by atoms with Crippen molar-refractivity contribution in [1.29, 1.82) is 0 Å². The predicted octanol–water partition coefficient (Wildman–Crippen LogP) is 11.5.